The quantitative estimate of drug-likeness (QED) is 0.508. The van der Waals surface area contributed by atoms with Gasteiger partial charge in [0.1, 0.15) is 5.69 Å². The minimum atomic E-state index is -3.33. The number of sulfonamides is 1. The van der Waals surface area contributed by atoms with E-state index in [0.29, 0.717) is 49.2 Å². The molecular formula is C25H35ClN4O5S. The summed E-state index contributed by atoms with van der Waals surface area (Å²) < 4.78 is 40.2. The van der Waals surface area contributed by atoms with Gasteiger partial charge in [-0.05, 0) is 64.7 Å². The third kappa shape index (κ3) is 5.88. The van der Waals surface area contributed by atoms with Crippen LogP contribution in [-0.4, -0.2) is 72.7 Å². The lowest BCUT2D eigenvalue weighted by molar-refractivity contribution is 0.00850. The molecule has 1 aromatic carbocycles. The van der Waals surface area contributed by atoms with Crippen LogP contribution >= 0.6 is 11.6 Å². The molecule has 2 aromatic rings. The van der Waals surface area contributed by atoms with Gasteiger partial charge in [-0.1, -0.05) is 17.7 Å². The van der Waals surface area contributed by atoms with Crippen LogP contribution in [0.4, 0.5) is 5.69 Å². The molecule has 2 heterocycles. The highest BCUT2D eigenvalue weighted by molar-refractivity contribution is 7.89. The van der Waals surface area contributed by atoms with Gasteiger partial charge in [0.05, 0.1) is 29.3 Å². The molecule has 9 nitrogen and oxygen atoms in total. The van der Waals surface area contributed by atoms with Crippen molar-refractivity contribution in [2.45, 2.75) is 63.9 Å². The molecule has 0 radical (unpaired) electrons. The monoisotopic (exact) mass is 538 g/mol. The van der Waals surface area contributed by atoms with Crippen LogP contribution in [0.25, 0.3) is 5.69 Å². The molecule has 1 saturated heterocycles. The molecule has 2 fully saturated rings. The summed E-state index contributed by atoms with van der Waals surface area (Å²) in [4.78, 5) is 15.7. The van der Waals surface area contributed by atoms with E-state index in [1.165, 1.54) is 8.99 Å². The first-order valence-corrected chi connectivity index (χ1v) is 14.5. The summed E-state index contributed by atoms with van der Waals surface area (Å²) >= 11 is 6.16. The summed E-state index contributed by atoms with van der Waals surface area (Å²) in [6.45, 7) is 7.64. The van der Waals surface area contributed by atoms with E-state index in [4.69, 9.17) is 21.1 Å². The van der Waals surface area contributed by atoms with E-state index < -0.39 is 15.3 Å². The second-order valence-electron chi connectivity index (χ2n) is 9.51. The van der Waals surface area contributed by atoms with Gasteiger partial charge in [-0.2, -0.15) is 14.1 Å². The number of hydrogen-bond donors (Lipinski definition) is 0. The largest absolute Gasteiger partial charge is 0.483 e. The highest BCUT2D eigenvalue weighted by atomic mass is 35.5. The summed E-state index contributed by atoms with van der Waals surface area (Å²) in [7, 11) is -3.33. The smallest absolute Gasteiger partial charge is 0.316 e. The Morgan fingerprint density at radius 1 is 1.08 bits per heavy atom. The summed E-state index contributed by atoms with van der Waals surface area (Å²) in [5.41, 5.74) is 0.780. The number of ether oxygens (including phenoxy) is 2. The van der Waals surface area contributed by atoms with E-state index in [9.17, 15) is 13.2 Å². The van der Waals surface area contributed by atoms with Crippen molar-refractivity contribution in [3.05, 3.63) is 45.8 Å². The molecule has 2 aliphatic rings. The third-order valence-electron chi connectivity index (χ3n) is 6.81. The van der Waals surface area contributed by atoms with Crippen LogP contribution in [0.1, 0.15) is 46.5 Å². The second-order valence-corrected chi connectivity index (χ2v) is 12.4. The Bertz CT molecular complexity index is 1200. The fourth-order valence-corrected chi connectivity index (χ4v) is 6.21. The van der Waals surface area contributed by atoms with Gasteiger partial charge in [0.25, 0.3) is 0 Å². The van der Waals surface area contributed by atoms with Gasteiger partial charge < -0.3 is 14.4 Å². The van der Waals surface area contributed by atoms with E-state index in [0.717, 1.165) is 25.7 Å². The molecule has 0 unspecified atom stereocenters. The molecule has 0 amide bonds. The second kappa shape index (κ2) is 11.5. The number of nitrogens with zero attached hydrogens (tertiary/aromatic N) is 4. The van der Waals surface area contributed by atoms with Crippen LogP contribution in [0.2, 0.25) is 5.02 Å². The first-order chi connectivity index (χ1) is 17.2. The van der Waals surface area contributed by atoms with Crippen LogP contribution in [-0.2, 0) is 14.8 Å². The number of aromatic nitrogens is 2. The summed E-state index contributed by atoms with van der Waals surface area (Å²) in [6, 6.07) is 6.96. The van der Waals surface area contributed by atoms with Gasteiger partial charge in [-0.3, -0.25) is 4.79 Å². The van der Waals surface area contributed by atoms with Crippen molar-refractivity contribution in [3.63, 3.8) is 0 Å². The number of anilines is 1. The predicted molar refractivity (Wildman–Crippen MR) is 141 cm³/mol. The van der Waals surface area contributed by atoms with Crippen molar-refractivity contribution in [2.24, 2.45) is 0 Å². The molecule has 4 rings (SSSR count). The number of benzene rings is 1. The number of piperazine rings is 1. The Morgan fingerprint density at radius 3 is 2.36 bits per heavy atom. The SMILES string of the molecule is CCO[C@H]1CC[C@@H](Oc2c(N3CCN(S(=O)(=O)C(C)C)CC3)cnn(-c3cccc(Cl)c3)c2=O)CC1. The molecule has 0 atom stereocenters. The highest BCUT2D eigenvalue weighted by Gasteiger charge is 2.32. The summed E-state index contributed by atoms with van der Waals surface area (Å²) in [6.07, 6.45) is 5.11. The lowest BCUT2D eigenvalue weighted by atomic mass is 9.95. The topological polar surface area (TPSA) is 94.0 Å². The molecule has 0 spiro atoms. The molecule has 198 valence electrons. The normalized spacial score (nSPS) is 21.6. The minimum absolute atomic E-state index is 0.106. The van der Waals surface area contributed by atoms with E-state index in [1.54, 1.807) is 44.3 Å². The lowest BCUT2D eigenvalue weighted by Gasteiger charge is -2.37. The van der Waals surface area contributed by atoms with Crippen LogP contribution < -0.4 is 15.2 Å². The number of hydrogen-bond acceptors (Lipinski definition) is 7. The average Bonchev–Trinajstić information content (AvgIpc) is 2.86. The van der Waals surface area contributed by atoms with Crippen molar-refractivity contribution in [1.29, 1.82) is 0 Å². The molecular weight excluding hydrogens is 504 g/mol. The van der Waals surface area contributed by atoms with Crippen molar-refractivity contribution in [1.82, 2.24) is 14.1 Å². The maximum absolute atomic E-state index is 13.7. The van der Waals surface area contributed by atoms with E-state index in [1.807, 2.05) is 11.8 Å². The van der Waals surface area contributed by atoms with Crippen molar-refractivity contribution >= 4 is 27.3 Å². The van der Waals surface area contributed by atoms with Crippen LogP contribution in [0.3, 0.4) is 0 Å². The molecule has 1 saturated carbocycles. The number of rotatable bonds is 8. The van der Waals surface area contributed by atoms with Crippen molar-refractivity contribution in [2.75, 3.05) is 37.7 Å². The van der Waals surface area contributed by atoms with Crippen LogP contribution in [0.15, 0.2) is 35.3 Å². The summed E-state index contributed by atoms with van der Waals surface area (Å²) in [5, 5.41) is 4.45. The zero-order chi connectivity index (χ0) is 25.9. The first-order valence-electron chi connectivity index (χ1n) is 12.6. The van der Waals surface area contributed by atoms with Gasteiger partial charge in [0, 0.05) is 37.8 Å². The van der Waals surface area contributed by atoms with Gasteiger partial charge in [0.2, 0.25) is 15.8 Å². The van der Waals surface area contributed by atoms with Crippen molar-refractivity contribution < 1.29 is 17.9 Å². The lowest BCUT2D eigenvalue weighted by Crippen LogP contribution is -2.50. The Kier molecular flexibility index (Phi) is 8.59. The average molecular weight is 539 g/mol. The molecule has 1 aliphatic carbocycles. The molecule has 36 heavy (non-hydrogen) atoms. The molecule has 0 N–H and O–H groups in total. The van der Waals surface area contributed by atoms with E-state index in [2.05, 4.69) is 5.10 Å². The molecule has 11 heteroatoms. The van der Waals surface area contributed by atoms with Gasteiger partial charge in [-0.25, -0.2) is 8.42 Å². The van der Waals surface area contributed by atoms with Gasteiger partial charge in [0.15, 0.2) is 0 Å². The van der Waals surface area contributed by atoms with Gasteiger partial charge in [-0.15, -0.1) is 0 Å². The number of halogens is 1. The standard InChI is InChI=1S/C25H35ClN4O5S/c1-4-34-21-8-10-22(11-9-21)35-24-23(28-12-14-29(15-13-28)36(32,33)18(2)3)17-27-30(25(24)31)20-7-5-6-19(26)16-20/h5-7,16-18,21-22H,4,8-15H2,1-3H3/t21-,22+. The molecule has 0 bridgehead atoms. The fraction of sp³-hybridized carbons (Fsp3) is 0.600. The Balaban J connectivity index is 1.62. The van der Waals surface area contributed by atoms with Crippen LogP contribution in [0.5, 0.6) is 5.75 Å². The molecule has 1 aliphatic heterocycles. The maximum atomic E-state index is 13.7. The first kappa shape index (κ1) is 26.9. The van der Waals surface area contributed by atoms with E-state index in [-0.39, 0.29) is 23.5 Å². The Morgan fingerprint density at radius 2 is 1.75 bits per heavy atom. The maximum Gasteiger partial charge on any atom is 0.316 e. The zero-order valence-corrected chi connectivity index (χ0v) is 22.7. The predicted octanol–water partition coefficient (Wildman–Crippen LogP) is 3.47. The molecule has 1 aromatic heterocycles. The summed E-state index contributed by atoms with van der Waals surface area (Å²) in [5.74, 6) is 0.241. The fourth-order valence-electron chi connectivity index (χ4n) is 4.76. The van der Waals surface area contributed by atoms with Crippen molar-refractivity contribution in [3.8, 4) is 11.4 Å². The minimum Gasteiger partial charge on any atom is -0.483 e. The van der Waals surface area contributed by atoms with Crippen LogP contribution in [0, 0.1) is 0 Å². The van der Waals surface area contributed by atoms with Gasteiger partial charge >= 0.3 is 5.56 Å². The highest BCUT2D eigenvalue weighted by Crippen LogP contribution is 2.31. The third-order valence-corrected chi connectivity index (χ3v) is 9.32. The van der Waals surface area contributed by atoms with E-state index >= 15 is 0 Å². The Hall–Kier alpha value is -2.14. The Labute approximate surface area is 218 Å². The zero-order valence-electron chi connectivity index (χ0n) is 21.1.